The van der Waals surface area contributed by atoms with Crippen LogP contribution in [-0.2, 0) is 16.2 Å². The number of nitrogens with one attached hydrogen (secondary N) is 2. The zero-order valence-electron chi connectivity index (χ0n) is 19.4. The van der Waals surface area contributed by atoms with Crippen molar-refractivity contribution in [3.8, 4) is 17.2 Å². The van der Waals surface area contributed by atoms with Crippen LogP contribution in [0.2, 0.25) is 0 Å². The number of hydrazine groups is 1. The van der Waals surface area contributed by atoms with E-state index in [2.05, 4.69) is 26.8 Å². The topological polar surface area (TPSA) is 89.1 Å². The lowest BCUT2D eigenvalue weighted by Gasteiger charge is -2.17. The number of anilines is 2. The summed E-state index contributed by atoms with van der Waals surface area (Å²) in [5.41, 5.74) is 7.99. The van der Waals surface area contributed by atoms with Gasteiger partial charge in [0.05, 0.1) is 25.8 Å². The van der Waals surface area contributed by atoms with Crippen molar-refractivity contribution in [3.63, 3.8) is 0 Å². The number of carbonyl (C=O) groups excluding carboxylic acids is 2. The Bertz CT molecular complexity index is 1180. The summed E-state index contributed by atoms with van der Waals surface area (Å²) in [4.78, 5) is 26.8. The molecule has 1 heterocycles. The van der Waals surface area contributed by atoms with Crippen molar-refractivity contribution >= 4 is 39.1 Å². The number of hydrogen-bond acceptors (Lipinski definition) is 6. The zero-order chi connectivity index (χ0) is 24.8. The number of hydrogen-bond donors (Lipinski definition) is 2. The maximum absolute atomic E-state index is 12.7. The molecule has 2 amide bonds. The summed E-state index contributed by atoms with van der Waals surface area (Å²) < 4.78 is 17.5. The molecule has 2 N–H and O–H groups in total. The molecule has 3 aromatic rings. The number of ether oxygens (including phenoxy) is 3. The smallest absolute Gasteiger partial charge is 0.243 e. The molecule has 1 fully saturated rings. The monoisotopic (exact) mass is 539 g/mol. The first-order valence-corrected chi connectivity index (χ1v) is 11.8. The molecule has 9 heteroatoms. The maximum Gasteiger partial charge on any atom is 0.243 e. The number of methoxy groups -OCH3 is 2. The van der Waals surface area contributed by atoms with Crippen molar-refractivity contribution in [2.45, 2.75) is 13.0 Å². The molecule has 1 aliphatic heterocycles. The second-order valence-corrected chi connectivity index (χ2v) is 8.91. The van der Waals surface area contributed by atoms with Gasteiger partial charge in [-0.05, 0) is 54.1 Å². The first-order chi connectivity index (χ1) is 17.0. The van der Waals surface area contributed by atoms with Crippen molar-refractivity contribution in [2.75, 3.05) is 31.1 Å². The molecule has 35 heavy (non-hydrogen) atoms. The summed E-state index contributed by atoms with van der Waals surface area (Å²) in [5.74, 6) is 1.01. The summed E-state index contributed by atoms with van der Waals surface area (Å²) in [7, 11) is 3.14. The summed E-state index contributed by atoms with van der Waals surface area (Å²) in [5, 5.41) is 0. The molecular weight excluding hydrogens is 514 g/mol. The summed E-state index contributed by atoms with van der Waals surface area (Å²) in [6, 6.07) is 20.4. The highest BCUT2D eigenvalue weighted by Crippen LogP contribution is 2.31. The van der Waals surface area contributed by atoms with E-state index in [9.17, 15) is 9.59 Å². The van der Waals surface area contributed by atoms with Gasteiger partial charge in [0.1, 0.15) is 12.4 Å². The van der Waals surface area contributed by atoms with Crippen molar-refractivity contribution in [2.24, 2.45) is 5.92 Å². The molecule has 0 radical (unpaired) electrons. The number of carbonyl (C=O) groups is 2. The highest BCUT2D eigenvalue weighted by Gasteiger charge is 2.35. The normalized spacial score (nSPS) is 15.0. The van der Waals surface area contributed by atoms with E-state index in [4.69, 9.17) is 14.2 Å². The Kier molecular flexibility index (Phi) is 7.77. The standard InChI is InChI=1S/C26H26BrN3O5/c1-33-22-10-8-21(9-11-22)30-15-18(13-25(30)31)26(32)29-28-20-7-12-23(24(14-20)34-2)35-16-17-3-5-19(27)6-4-17/h3-12,14,18,28H,13,15-16H2,1-2H3,(H,29,32)/t18-/m0/s1. The van der Waals surface area contributed by atoms with Crippen molar-refractivity contribution in [1.82, 2.24) is 5.43 Å². The minimum Gasteiger partial charge on any atom is -0.497 e. The molecule has 0 spiro atoms. The summed E-state index contributed by atoms with van der Waals surface area (Å²) >= 11 is 3.42. The number of rotatable bonds is 9. The number of benzene rings is 3. The Balaban J connectivity index is 1.32. The second-order valence-electron chi connectivity index (χ2n) is 8.00. The fourth-order valence-corrected chi connectivity index (χ4v) is 4.00. The number of halogens is 1. The van der Waals surface area contributed by atoms with Gasteiger partial charge in [0.2, 0.25) is 11.8 Å². The molecular formula is C26H26BrN3O5. The molecule has 0 unspecified atom stereocenters. The quantitative estimate of drug-likeness (QED) is 0.388. The van der Waals surface area contributed by atoms with E-state index in [1.807, 2.05) is 36.4 Å². The van der Waals surface area contributed by atoms with E-state index in [-0.39, 0.29) is 18.2 Å². The third-order valence-electron chi connectivity index (χ3n) is 5.68. The SMILES string of the molecule is COc1ccc(N2C[C@@H](C(=O)NNc3ccc(OCc4ccc(Br)cc4)c(OC)c3)CC2=O)cc1. The Hall–Kier alpha value is -3.72. The molecule has 0 aliphatic carbocycles. The van der Waals surface area contributed by atoms with Gasteiger partial charge in [0.15, 0.2) is 11.5 Å². The largest absolute Gasteiger partial charge is 0.497 e. The molecule has 3 aromatic carbocycles. The van der Waals surface area contributed by atoms with Gasteiger partial charge in [-0.15, -0.1) is 0 Å². The van der Waals surface area contributed by atoms with E-state index in [0.717, 1.165) is 15.7 Å². The van der Waals surface area contributed by atoms with E-state index in [0.29, 0.717) is 36.1 Å². The minimum absolute atomic E-state index is 0.0933. The second kappa shape index (κ2) is 11.1. The highest BCUT2D eigenvalue weighted by atomic mass is 79.9. The Morgan fingerprint density at radius 2 is 1.74 bits per heavy atom. The molecule has 1 saturated heterocycles. The van der Waals surface area contributed by atoms with E-state index in [1.165, 1.54) is 0 Å². The van der Waals surface area contributed by atoms with Crippen LogP contribution in [0.5, 0.6) is 17.2 Å². The third-order valence-corrected chi connectivity index (χ3v) is 6.21. The van der Waals surface area contributed by atoms with Gasteiger partial charge < -0.3 is 19.1 Å². The predicted octanol–water partition coefficient (Wildman–Crippen LogP) is 4.54. The first-order valence-electron chi connectivity index (χ1n) is 11.0. The van der Waals surface area contributed by atoms with Crippen LogP contribution in [0.15, 0.2) is 71.2 Å². The highest BCUT2D eigenvalue weighted by molar-refractivity contribution is 9.10. The molecule has 0 aromatic heterocycles. The van der Waals surface area contributed by atoms with Crippen LogP contribution in [0.1, 0.15) is 12.0 Å². The Morgan fingerprint density at radius 3 is 2.43 bits per heavy atom. The van der Waals surface area contributed by atoms with Crippen molar-refractivity contribution in [3.05, 3.63) is 76.8 Å². The summed E-state index contributed by atoms with van der Waals surface area (Å²) in [6.45, 7) is 0.707. The van der Waals surface area contributed by atoms with Gasteiger partial charge in [0, 0.05) is 29.2 Å². The fourth-order valence-electron chi connectivity index (χ4n) is 3.74. The maximum atomic E-state index is 12.7. The van der Waals surface area contributed by atoms with E-state index >= 15 is 0 Å². The van der Waals surface area contributed by atoms with Crippen LogP contribution < -0.4 is 30.0 Å². The summed E-state index contributed by atoms with van der Waals surface area (Å²) in [6.07, 6.45) is 0.145. The lowest BCUT2D eigenvalue weighted by molar-refractivity contribution is -0.125. The van der Waals surface area contributed by atoms with Gasteiger partial charge in [-0.3, -0.25) is 20.4 Å². The number of nitrogens with zero attached hydrogens (tertiary/aromatic N) is 1. The number of amides is 2. The van der Waals surface area contributed by atoms with Crippen LogP contribution in [0, 0.1) is 5.92 Å². The molecule has 4 rings (SSSR count). The predicted molar refractivity (Wildman–Crippen MR) is 137 cm³/mol. The van der Waals surface area contributed by atoms with Crippen LogP contribution in [0.3, 0.4) is 0 Å². The molecule has 0 bridgehead atoms. The van der Waals surface area contributed by atoms with E-state index in [1.54, 1.807) is 49.5 Å². The zero-order valence-corrected chi connectivity index (χ0v) is 21.0. The molecule has 1 atom stereocenters. The van der Waals surface area contributed by atoms with Crippen LogP contribution in [0.4, 0.5) is 11.4 Å². The van der Waals surface area contributed by atoms with Crippen LogP contribution >= 0.6 is 15.9 Å². The molecule has 8 nitrogen and oxygen atoms in total. The Labute approximate surface area is 212 Å². The Morgan fingerprint density at radius 1 is 1.00 bits per heavy atom. The van der Waals surface area contributed by atoms with Gasteiger partial charge in [-0.25, -0.2) is 0 Å². The van der Waals surface area contributed by atoms with Crippen molar-refractivity contribution in [1.29, 1.82) is 0 Å². The third kappa shape index (κ3) is 6.05. The van der Waals surface area contributed by atoms with Gasteiger partial charge in [-0.2, -0.15) is 0 Å². The average molecular weight is 540 g/mol. The fraction of sp³-hybridized carbons (Fsp3) is 0.231. The van der Waals surface area contributed by atoms with Gasteiger partial charge >= 0.3 is 0 Å². The minimum atomic E-state index is -0.465. The first kappa shape index (κ1) is 24.4. The lowest BCUT2D eigenvalue weighted by Crippen LogP contribution is -2.36. The van der Waals surface area contributed by atoms with Crippen LogP contribution in [-0.4, -0.2) is 32.6 Å². The molecule has 1 aliphatic rings. The average Bonchev–Trinajstić information content (AvgIpc) is 3.28. The molecule has 182 valence electrons. The van der Waals surface area contributed by atoms with Gasteiger partial charge in [0.25, 0.3) is 0 Å². The molecule has 0 saturated carbocycles. The van der Waals surface area contributed by atoms with Crippen LogP contribution in [0.25, 0.3) is 0 Å². The van der Waals surface area contributed by atoms with Gasteiger partial charge in [-0.1, -0.05) is 28.1 Å². The lowest BCUT2D eigenvalue weighted by atomic mass is 10.1. The van der Waals surface area contributed by atoms with Crippen molar-refractivity contribution < 1.29 is 23.8 Å². The van der Waals surface area contributed by atoms with E-state index < -0.39 is 5.92 Å².